The summed E-state index contributed by atoms with van der Waals surface area (Å²) >= 11 is 0. The molecular formula is C15H28N2O3. The number of rotatable bonds is 7. The number of hydrogen-bond acceptors (Lipinski definition) is 3. The summed E-state index contributed by atoms with van der Waals surface area (Å²) in [4.78, 5) is 24.0. The van der Waals surface area contributed by atoms with Crippen molar-refractivity contribution in [3.63, 3.8) is 0 Å². The molecule has 0 aliphatic carbocycles. The molecule has 3 atom stereocenters. The number of piperidine rings is 1. The Morgan fingerprint density at radius 1 is 1.40 bits per heavy atom. The molecule has 3 unspecified atom stereocenters. The fraction of sp³-hybridized carbons (Fsp3) is 0.867. The van der Waals surface area contributed by atoms with Crippen molar-refractivity contribution >= 4 is 11.9 Å². The highest BCUT2D eigenvalue weighted by atomic mass is 16.4. The van der Waals surface area contributed by atoms with Gasteiger partial charge in [-0.15, -0.1) is 0 Å². The maximum absolute atomic E-state index is 12.6. The normalized spacial score (nSPS) is 25.8. The van der Waals surface area contributed by atoms with Crippen molar-refractivity contribution in [1.82, 2.24) is 10.6 Å². The fourth-order valence-electron chi connectivity index (χ4n) is 2.94. The van der Waals surface area contributed by atoms with E-state index in [1.807, 2.05) is 13.8 Å². The summed E-state index contributed by atoms with van der Waals surface area (Å²) in [6.07, 6.45) is 4.27. The highest BCUT2D eigenvalue weighted by Gasteiger charge is 2.40. The Bertz CT molecular complexity index is 333. The van der Waals surface area contributed by atoms with Gasteiger partial charge in [-0.25, -0.2) is 4.79 Å². The molecular weight excluding hydrogens is 256 g/mol. The molecule has 3 N–H and O–H groups in total. The molecule has 20 heavy (non-hydrogen) atoms. The van der Waals surface area contributed by atoms with Crippen LogP contribution in [0, 0.1) is 11.3 Å². The lowest BCUT2D eigenvalue weighted by atomic mass is 9.76. The summed E-state index contributed by atoms with van der Waals surface area (Å²) < 4.78 is 0. The lowest BCUT2D eigenvalue weighted by Gasteiger charge is -2.37. The van der Waals surface area contributed by atoms with Crippen LogP contribution in [0.3, 0.4) is 0 Å². The number of carboxylic acid groups (broad SMARTS) is 1. The molecule has 0 aromatic rings. The first-order valence-corrected chi connectivity index (χ1v) is 7.71. The van der Waals surface area contributed by atoms with Gasteiger partial charge in [-0.1, -0.05) is 33.6 Å². The highest BCUT2D eigenvalue weighted by molar-refractivity contribution is 5.87. The molecule has 1 rings (SSSR count). The van der Waals surface area contributed by atoms with Crippen LogP contribution in [0.15, 0.2) is 0 Å². The number of carbonyl (C=O) groups is 2. The van der Waals surface area contributed by atoms with Crippen molar-refractivity contribution in [1.29, 1.82) is 0 Å². The van der Waals surface area contributed by atoms with Crippen molar-refractivity contribution in [3.8, 4) is 0 Å². The number of carbonyl (C=O) groups excluding carboxylic acids is 1. The van der Waals surface area contributed by atoms with Gasteiger partial charge in [0.05, 0.1) is 5.41 Å². The predicted molar refractivity (Wildman–Crippen MR) is 78.5 cm³/mol. The number of hydrogen-bond donors (Lipinski definition) is 3. The van der Waals surface area contributed by atoms with Crippen LogP contribution in [0.5, 0.6) is 0 Å². The maximum Gasteiger partial charge on any atom is 0.326 e. The fourth-order valence-corrected chi connectivity index (χ4v) is 2.94. The van der Waals surface area contributed by atoms with Gasteiger partial charge in [0.2, 0.25) is 5.91 Å². The summed E-state index contributed by atoms with van der Waals surface area (Å²) in [5.41, 5.74) is -0.436. The van der Waals surface area contributed by atoms with E-state index in [-0.39, 0.29) is 11.8 Å². The largest absolute Gasteiger partial charge is 0.480 e. The van der Waals surface area contributed by atoms with Gasteiger partial charge in [-0.05, 0) is 31.7 Å². The predicted octanol–water partition coefficient (Wildman–Crippen LogP) is 1.77. The van der Waals surface area contributed by atoms with Crippen LogP contribution in [-0.4, -0.2) is 36.1 Å². The van der Waals surface area contributed by atoms with E-state index in [1.165, 1.54) is 0 Å². The molecule has 116 valence electrons. The molecule has 1 amide bonds. The summed E-state index contributed by atoms with van der Waals surface area (Å²) in [5.74, 6) is -1.10. The standard InChI is InChI=1S/C15H28N2O3/c1-4-7-15(8-6-9-16-10-15)14(20)17-12(13(18)19)11(3)5-2/h11-12,16H,4-10H2,1-3H3,(H,17,20)(H,18,19). The minimum atomic E-state index is -0.942. The zero-order valence-corrected chi connectivity index (χ0v) is 12.9. The lowest BCUT2D eigenvalue weighted by molar-refractivity contribution is -0.146. The second-order valence-electron chi connectivity index (χ2n) is 5.99. The van der Waals surface area contributed by atoms with Crippen molar-refractivity contribution < 1.29 is 14.7 Å². The Balaban J connectivity index is 2.81. The first-order chi connectivity index (χ1) is 9.46. The molecule has 1 saturated heterocycles. The van der Waals surface area contributed by atoms with E-state index in [1.54, 1.807) is 0 Å². The minimum absolute atomic E-state index is 0.0633. The Kier molecular flexibility index (Phi) is 6.46. The summed E-state index contributed by atoms with van der Waals surface area (Å²) in [7, 11) is 0. The molecule has 1 aliphatic rings. The molecule has 5 heteroatoms. The van der Waals surface area contributed by atoms with E-state index in [0.717, 1.165) is 38.6 Å². The molecule has 0 aromatic carbocycles. The van der Waals surface area contributed by atoms with Crippen LogP contribution >= 0.6 is 0 Å². The molecule has 0 radical (unpaired) electrons. The van der Waals surface area contributed by atoms with Gasteiger partial charge < -0.3 is 15.7 Å². The second-order valence-corrected chi connectivity index (χ2v) is 5.99. The van der Waals surface area contributed by atoms with Crippen LogP contribution < -0.4 is 10.6 Å². The zero-order valence-electron chi connectivity index (χ0n) is 12.9. The molecule has 1 heterocycles. The van der Waals surface area contributed by atoms with E-state index in [4.69, 9.17) is 0 Å². The quantitative estimate of drug-likeness (QED) is 0.666. The van der Waals surface area contributed by atoms with Crippen molar-refractivity contribution in [3.05, 3.63) is 0 Å². The number of carboxylic acids is 1. The van der Waals surface area contributed by atoms with Gasteiger partial charge in [0.1, 0.15) is 6.04 Å². The molecule has 1 fully saturated rings. The molecule has 1 aliphatic heterocycles. The molecule has 0 bridgehead atoms. The van der Waals surface area contributed by atoms with Crippen molar-refractivity contribution in [2.75, 3.05) is 13.1 Å². The molecule has 0 saturated carbocycles. The monoisotopic (exact) mass is 284 g/mol. The number of nitrogens with one attached hydrogen (secondary N) is 2. The SMILES string of the molecule is CCCC1(C(=O)NC(C(=O)O)C(C)CC)CCCNC1. The Morgan fingerprint density at radius 2 is 2.10 bits per heavy atom. The average Bonchev–Trinajstić information content (AvgIpc) is 2.44. The minimum Gasteiger partial charge on any atom is -0.480 e. The van der Waals surface area contributed by atoms with Crippen molar-refractivity contribution in [2.45, 2.75) is 58.9 Å². The molecule has 5 nitrogen and oxygen atoms in total. The van der Waals surface area contributed by atoms with Crippen LogP contribution in [0.1, 0.15) is 52.9 Å². The first-order valence-electron chi connectivity index (χ1n) is 7.71. The maximum atomic E-state index is 12.6. The third-order valence-electron chi connectivity index (χ3n) is 4.45. The number of amides is 1. The van der Waals surface area contributed by atoms with Crippen LogP contribution in [0.25, 0.3) is 0 Å². The third-order valence-corrected chi connectivity index (χ3v) is 4.45. The third kappa shape index (κ3) is 3.95. The molecule has 0 aromatic heterocycles. The van der Waals surface area contributed by atoms with Crippen LogP contribution in [-0.2, 0) is 9.59 Å². The van der Waals surface area contributed by atoms with E-state index >= 15 is 0 Å². The van der Waals surface area contributed by atoms with Crippen LogP contribution in [0.4, 0.5) is 0 Å². The zero-order chi connectivity index (χ0) is 15.2. The van der Waals surface area contributed by atoms with Gasteiger partial charge in [0.15, 0.2) is 0 Å². The van der Waals surface area contributed by atoms with E-state index in [0.29, 0.717) is 6.54 Å². The Morgan fingerprint density at radius 3 is 2.55 bits per heavy atom. The molecule has 0 spiro atoms. The van der Waals surface area contributed by atoms with Gasteiger partial charge in [-0.3, -0.25) is 4.79 Å². The second kappa shape index (κ2) is 7.62. The Labute approximate surface area is 121 Å². The first kappa shape index (κ1) is 17.0. The van der Waals surface area contributed by atoms with Gasteiger partial charge in [0, 0.05) is 6.54 Å². The Hall–Kier alpha value is -1.10. The van der Waals surface area contributed by atoms with E-state index in [2.05, 4.69) is 17.6 Å². The smallest absolute Gasteiger partial charge is 0.326 e. The van der Waals surface area contributed by atoms with Gasteiger partial charge in [-0.2, -0.15) is 0 Å². The van der Waals surface area contributed by atoms with E-state index < -0.39 is 17.4 Å². The summed E-state index contributed by atoms with van der Waals surface area (Å²) in [6, 6.07) is -0.789. The lowest BCUT2D eigenvalue weighted by Crippen LogP contribution is -2.55. The summed E-state index contributed by atoms with van der Waals surface area (Å²) in [5, 5.41) is 15.4. The van der Waals surface area contributed by atoms with Crippen LogP contribution in [0.2, 0.25) is 0 Å². The topological polar surface area (TPSA) is 78.4 Å². The number of aliphatic carboxylic acids is 1. The van der Waals surface area contributed by atoms with Gasteiger partial charge in [0.25, 0.3) is 0 Å². The van der Waals surface area contributed by atoms with Crippen molar-refractivity contribution in [2.24, 2.45) is 11.3 Å². The average molecular weight is 284 g/mol. The summed E-state index contributed by atoms with van der Waals surface area (Å²) in [6.45, 7) is 7.46. The highest BCUT2D eigenvalue weighted by Crippen LogP contribution is 2.32. The van der Waals surface area contributed by atoms with Gasteiger partial charge >= 0.3 is 5.97 Å². The van der Waals surface area contributed by atoms with E-state index in [9.17, 15) is 14.7 Å².